The predicted molar refractivity (Wildman–Crippen MR) is 90.7 cm³/mol. The van der Waals surface area contributed by atoms with Crippen LogP contribution >= 0.6 is 0 Å². The lowest BCUT2D eigenvalue weighted by Gasteiger charge is -2.18. The van der Waals surface area contributed by atoms with Gasteiger partial charge in [0.15, 0.2) is 5.78 Å². The summed E-state index contributed by atoms with van der Waals surface area (Å²) < 4.78 is 5.83. The Bertz CT molecular complexity index is 700. The number of nitrogens with two attached hydrogens (primary N) is 1. The van der Waals surface area contributed by atoms with Crippen molar-refractivity contribution in [2.24, 2.45) is 0 Å². The molecule has 0 heterocycles. The number of rotatable bonds is 4. The summed E-state index contributed by atoms with van der Waals surface area (Å²) in [5.74, 6) is 0.869. The molecule has 2 N–H and O–H groups in total. The molecule has 0 saturated carbocycles. The Morgan fingerprint density at radius 2 is 1.64 bits per heavy atom. The van der Waals surface area contributed by atoms with E-state index in [1.165, 1.54) is 0 Å². The molecule has 0 aliphatic carbocycles. The molecule has 2 aromatic carbocycles. The highest BCUT2D eigenvalue weighted by molar-refractivity contribution is 6.11. The monoisotopic (exact) mass is 297 g/mol. The molecular weight excluding hydrogens is 274 g/mol. The Balaban J connectivity index is 2.49. The Hall–Kier alpha value is -2.29. The average molecular weight is 297 g/mol. The van der Waals surface area contributed by atoms with E-state index in [1.807, 2.05) is 40.7 Å². The first-order chi connectivity index (χ1) is 10.3. The second kappa shape index (κ2) is 6.22. The Morgan fingerprint density at radius 3 is 2.18 bits per heavy atom. The molecule has 0 saturated heterocycles. The maximum atomic E-state index is 12.8. The van der Waals surface area contributed by atoms with Crippen LogP contribution in [0.2, 0.25) is 0 Å². The van der Waals surface area contributed by atoms with Crippen molar-refractivity contribution in [2.75, 3.05) is 5.73 Å². The maximum Gasteiger partial charge on any atom is 0.193 e. The van der Waals surface area contributed by atoms with Crippen LogP contribution in [0.4, 0.5) is 5.69 Å². The molecular formula is C19H23NO2. The van der Waals surface area contributed by atoms with Gasteiger partial charge in [-0.15, -0.1) is 0 Å². The van der Waals surface area contributed by atoms with Crippen molar-refractivity contribution in [3.8, 4) is 5.75 Å². The van der Waals surface area contributed by atoms with E-state index in [1.54, 1.807) is 24.3 Å². The van der Waals surface area contributed by atoms with Gasteiger partial charge in [-0.2, -0.15) is 0 Å². The van der Waals surface area contributed by atoms with Gasteiger partial charge in [-0.3, -0.25) is 4.79 Å². The lowest BCUT2D eigenvalue weighted by molar-refractivity contribution is 0.103. The van der Waals surface area contributed by atoms with Crippen LogP contribution in [0, 0.1) is 20.8 Å². The number of ether oxygens (including phenoxy) is 1. The van der Waals surface area contributed by atoms with Crippen molar-refractivity contribution in [2.45, 2.75) is 40.7 Å². The van der Waals surface area contributed by atoms with Crippen molar-refractivity contribution < 1.29 is 9.53 Å². The van der Waals surface area contributed by atoms with Gasteiger partial charge in [0.05, 0.1) is 6.10 Å². The number of carbonyl (C=O) groups excluding carboxylic acids is 1. The van der Waals surface area contributed by atoms with E-state index in [9.17, 15) is 4.79 Å². The van der Waals surface area contributed by atoms with Gasteiger partial charge in [-0.25, -0.2) is 0 Å². The summed E-state index contributed by atoms with van der Waals surface area (Å²) in [6, 6.07) is 8.99. The molecule has 0 radical (unpaired) electrons. The van der Waals surface area contributed by atoms with Crippen LogP contribution in [0.1, 0.15) is 46.5 Å². The second-order valence-corrected chi connectivity index (χ2v) is 5.93. The van der Waals surface area contributed by atoms with E-state index < -0.39 is 0 Å². The largest absolute Gasteiger partial charge is 0.491 e. The van der Waals surface area contributed by atoms with Crippen molar-refractivity contribution in [1.29, 1.82) is 0 Å². The summed E-state index contributed by atoms with van der Waals surface area (Å²) in [5.41, 5.74) is 10.7. The molecule has 22 heavy (non-hydrogen) atoms. The topological polar surface area (TPSA) is 52.3 Å². The lowest BCUT2D eigenvalue weighted by atomic mass is 9.91. The zero-order valence-electron chi connectivity index (χ0n) is 13.9. The lowest BCUT2D eigenvalue weighted by Crippen LogP contribution is -2.12. The van der Waals surface area contributed by atoms with E-state index in [-0.39, 0.29) is 11.9 Å². The zero-order valence-corrected chi connectivity index (χ0v) is 13.9. The molecule has 0 aromatic heterocycles. The number of anilines is 1. The predicted octanol–water partition coefficient (Wildman–Crippen LogP) is 4.21. The van der Waals surface area contributed by atoms with Crippen LogP contribution in [-0.4, -0.2) is 11.9 Å². The maximum absolute atomic E-state index is 12.8. The first-order valence-electron chi connectivity index (χ1n) is 7.49. The first kappa shape index (κ1) is 16.1. The molecule has 3 nitrogen and oxygen atoms in total. The van der Waals surface area contributed by atoms with Crippen LogP contribution in [0.15, 0.2) is 30.3 Å². The summed E-state index contributed by atoms with van der Waals surface area (Å²) in [6.45, 7) is 9.91. The number of carbonyl (C=O) groups is 1. The Kier molecular flexibility index (Phi) is 4.55. The van der Waals surface area contributed by atoms with Gasteiger partial charge in [0.1, 0.15) is 5.75 Å². The molecule has 0 bridgehead atoms. The number of hydrogen-bond acceptors (Lipinski definition) is 3. The van der Waals surface area contributed by atoms with Gasteiger partial charge in [0.2, 0.25) is 0 Å². The van der Waals surface area contributed by atoms with Crippen molar-refractivity contribution in [1.82, 2.24) is 0 Å². The fourth-order valence-corrected chi connectivity index (χ4v) is 2.55. The zero-order chi connectivity index (χ0) is 16.4. The summed E-state index contributed by atoms with van der Waals surface area (Å²) in [6.07, 6.45) is 0.108. The first-order valence-corrected chi connectivity index (χ1v) is 7.49. The molecule has 2 aromatic rings. The van der Waals surface area contributed by atoms with E-state index in [2.05, 4.69) is 0 Å². The third-order valence-electron chi connectivity index (χ3n) is 3.81. The second-order valence-electron chi connectivity index (χ2n) is 5.93. The molecule has 0 unspecified atom stereocenters. The number of nitrogen functional groups attached to an aromatic ring is 1. The molecule has 0 amide bonds. The van der Waals surface area contributed by atoms with Crippen LogP contribution in [0.3, 0.4) is 0 Å². The number of hydrogen-bond donors (Lipinski definition) is 1. The molecule has 0 atom stereocenters. The molecule has 0 aliphatic rings. The highest BCUT2D eigenvalue weighted by atomic mass is 16.5. The summed E-state index contributed by atoms with van der Waals surface area (Å²) in [4.78, 5) is 12.8. The minimum Gasteiger partial charge on any atom is -0.491 e. The van der Waals surface area contributed by atoms with Gasteiger partial charge >= 0.3 is 0 Å². The molecule has 0 fully saturated rings. The third-order valence-corrected chi connectivity index (χ3v) is 3.81. The van der Waals surface area contributed by atoms with E-state index >= 15 is 0 Å². The SMILES string of the molecule is Cc1cc(OC(C)C)c(C)c(C)c1C(=O)c1ccc(N)cc1. The Labute approximate surface area is 132 Å². The van der Waals surface area contributed by atoms with Gasteiger partial charge in [0.25, 0.3) is 0 Å². The van der Waals surface area contributed by atoms with Gasteiger partial charge in [0, 0.05) is 16.8 Å². The van der Waals surface area contributed by atoms with E-state index in [0.717, 1.165) is 28.0 Å². The van der Waals surface area contributed by atoms with Crippen LogP contribution in [-0.2, 0) is 0 Å². The van der Waals surface area contributed by atoms with Gasteiger partial charge < -0.3 is 10.5 Å². The highest BCUT2D eigenvalue weighted by Crippen LogP contribution is 2.30. The van der Waals surface area contributed by atoms with Crippen LogP contribution in [0.5, 0.6) is 5.75 Å². The van der Waals surface area contributed by atoms with Crippen LogP contribution in [0.25, 0.3) is 0 Å². The number of aryl methyl sites for hydroxylation is 1. The average Bonchev–Trinajstić information content (AvgIpc) is 2.44. The molecule has 0 spiro atoms. The van der Waals surface area contributed by atoms with E-state index in [4.69, 9.17) is 10.5 Å². The number of benzene rings is 2. The van der Waals surface area contributed by atoms with E-state index in [0.29, 0.717) is 11.3 Å². The van der Waals surface area contributed by atoms with Crippen molar-refractivity contribution >= 4 is 11.5 Å². The quantitative estimate of drug-likeness (QED) is 0.679. The van der Waals surface area contributed by atoms with Crippen LogP contribution < -0.4 is 10.5 Å². The Morgan fingerprint density at radius 1 is 1.05 bits per heavy atom. The summed E-state index contributed by atoms with van der Waals surface area (Å²) >= 11 is 0. The third kappa shape index (κ3) is 3.14. The molecule has 3 heteroatoms. The van der Waals surface area contributed by atoms with Crippen molar-refractivity contribution in [3.63, 3.8) is 0 Å². The highest BCUT2D eigenvalue weighted by Gasteiger charge is 2.19. The minimum absolute atomic E-state index is 0.0224. The standard InChI is InChI=1S/C19H23NO2/c1-11(2)22-17-10-12(3)18(14(5)13(17)4)19(21)15-6-8-16(20)9-7-15/h6-11H,20H2,1-5H3. The van der Waals surface area contributed by atoms with Gasteiger partial charge in [-0.1, -0.05) is 0 Å². The van der Waals surface area contributed by atoms with Crippen molar-refractivity contribution in [3.05, 3.63) is 58.1 Å². The fourth-order valence-electron chi connectivity index (χ4n) is 2.55. The molecule has 0 aliphatic heterocycles. The summed E-state index contributed by atoms with van der Waals surface area (Å²) in [5, 5.41) is 0. The smallest absolute Gasteiger partial charge is 0.193 e. The summed E-state index contributed by atoms with van der Waals surface area (Å²) in [7, 11) is 0. The normalized spacial score (nSPS) is 10.8. The molecule has 116 valence electrons. The van der Waals surface area contributed by atoms with Gasteiger partial charge in [-0.05, 0) is 81.6 Å². The minimum atomic E-state index is 0.0224. The fraction of sp³-hybridized carbons (Fsp3) is 0.316. The number of ketones is 1. The molecule has 2 rings (SSSR count).